The van der Waals surface area contributed by atoms with Crippen LogP contribution in [0, 0.1) is 32.6 Å². The molecule has 0 saturated carbocycles. The molecule has 7 aromatic rings. The molecule has 0 spiro atoms. The lowest BCUT2D eigenvalue weighted by Gasteiger charge is -2.25. The van der Waals surface area contributed by atoms with Gasteiger partial charge in [0.2, 0.25) is 0 Å². The molecule has 3 aliphatic carbocycles. The Bertz CT molecular complexity index is 3280. The molecule has 0 bridgehead atoms. The third kappa shape index (κ3) is 6.72. The minimum atomic E-state index is 0.612. The molecule has 298 valence electrons. The number of aliphatic imine (C=N–C) groups is 2. The van der Waals surface area contributed by atoms with E-state index in [1.165, 1.54) is 99.1 Å². The first kappa shape index (κ1) is 38.4. The van der Waals surface area contributed by atoms with Gasteiger partial charge in [-0.25, -0.2) is 4.99 Å². The van der Waals surface area contributed by atoms with Crippen LogP contribution in [0.4, 0.5) is 0 Å². The quantitative estimate of drug-likeness (QED) is 0.0720. The first-order valence-corrected chi connectivity index (χ1v) is 21.9. The zero-order chi connectivity index (χ0) is 41.8. The molecule has 1 aromatic heterocycles. The molecule has 61 heavy (non-hydrogen) atoms. The van der Waals surface area contributed by atoms with Crippen LogP contribution in [-0.2, 0) is 6.42 Å². The summed E-state index contributed by atoms with van der Waals surface area (Å²) >= 11 is 0. The standard InChI is InChI=1S/C58H51N3/c1-36-27-29-44(33-49(36)55-39(4)28-31-48-54-38(3)25-26-40(5)56(54)53-37(2)17-13-14-23-47(53)57(48)55)45-30-32-52-50(34-45)46-22-15-16-24-51(46)61(52)41(6)60-58(43-20-11-8-12-21-43)59-35-42-18-9-7-10-19-42/h8-9,11-12,15-22,24-26,28,30-34H,7,10,23,27,29,35H2,1-6H3. The number of fused-ring (bicyclic) bond motifs is 9. The highest BCUT2D eigenvalue weighted by molar-refractivity contribution is 6.20. The fourth-order valence-corrected chi connectivity index (χ4v) is 10.1. The third-order valence-electron chi connectivity index (χ3n) is 13.2. The van der Waals surface area contributed by atoms with Crippen molar-refractivity contribution in [1.29, 1.82) is 0 Å². The molecular formula is C58H51N3. The van der Waals surface area contributed by atoms with Crippen LogP contribution in [0.3, 0.4) is 0 Å². The Kier molecular flexibility index (Phi) is 9.89. The zero-order valence-electron chi connectivity index (χ0n) is 36.2. The number of nitrogens with zero attached hydrogens (tertiary/aromatic N) is 3. The summed E-state index contributed by atoms with van der Waals surface area (Å²) < 4.78 is 2.32. The molecule has 0 amide bonds. The van der Waals surface area contributed by atoms with Gasteiger partial charge in [0.1, 0.15) is 5.84 Å². The molecule has 3 heteroatoms. The van der Waals surface area contributed by atoms with E-state index in [0.717, 1.165) is 60.4 Å². The van der Waals surface area contributed by atoms with Crippen molar-refractivity contribution in [3.8, 4) is 11.8 Å². The fraction of sp³-hybridized carbons (Fsp3) is 0.207. The van der Waals surface area contributed by atoms with Crippen LogP contribution in [0.2, 0.25) is 0 Å². The van der Waals surface area contributed by atoms with Crippen molar-refractivity contribution in [2.45, 2.75) is 73.6 Å². The van der Waals surface area contributed by atoms with E-state index in [-0.39, 0.29) is 0 Å². The molecule has 0 aliphatic heterocycles. The molecule has 0 unspecified atom stereocenters. The van der Waals surface area contributed by atoms with E-state index in [1.54, 1.807) is 0 Å². The molecule has 1 heterocycles. The summed E-state index contributed by atoms with van der Waals surface area (Å²) in [5.41, 5.74) is 19.3. The van der Waals surface area contributed by atoms with Gasteiger partial charge in [-0.1, -0.05) is 121 Å². The predicted molar refractivity (Wildman–Crippen MR) is 263 cm³/mol. The topological polar surface area (TPSA) is 29.6 Å². The van der Waals surface area contributed by atoms with E-state index in [1.807, 2.05) is 6.07 Å². The molecule has 10 rings (SSSR count). The lowest BCUT2D eigenvalue weighted by atomic mass is 9.78. The van der Waals surface area contributed by atoms with Gasteiger partial charge in [-0.2, -0.15) is 0 Å². The monoisotopic (exact) mass is 789 g/mol. The van der Waals surface area contributed by atoms with Crippen LogP contribution in [0.1, 0.15) is 91.0 Å². The minimum absolute atomic E-state index is 0.612. The lowest BCUT2D eigenvalue weighted by Crippen LogP contribution is -2.11. The van der Waals surface area contributed by atoms with Gasteiger partial charge in [-0.3, -0.25) is 9.56 Å². The molecular weight excluding hydrogens is 739 g/mol. The SMILES string of the molecule is CC1=CC#CCc2c1c1c(C)ccc(C)c1c1ccc(C)c(C3=C(C)CCC(c4ccc5c(c4)c4ccccc4n5C(C)=NC(=NCC4=CCCC=C4)c4ccccc4)=C3)c21. The lowest BCUT2D eigenvalue weighted by molar-refractivity contribution is 0.982. The second-order valence-corrected chi connectivity index (χ2v) is 17.2. The number of benzene rings is 6. The smallest absolute Gasteiger partial charge is 0.156 e. The third-order valence-corrected chi connectivity index (χ3v) is 13.2. The van der Waals surface area contributed by atoms with Crippen molar-refractivity contribution in [1.82, 2.24) is 4.57 Å². The Morgan fingerprint density at radius 2 is 1.48 bits per heavy atom. The number of aromatic nitrogens is 1. The van der Waals surface area contributed by atoms with Crippen molar-refractivity contribution in [2.24, 2.45) is 9.98 Å². The van der Waals surface area contributed by atoms with E-state index in [4.69, 9.17) is 9.98 Å². The number of allylic oxidation sites excluding steroid dienone is 8. The van der Waals surface area contributed by atoms with Crippen molar-refractivity contribution in [2.75, 3.05) is 6.54 Å². The van der Waals surface area contributed by atoms with Gasteiger partial charge < -0.3 is 0 Å². The van der Waals surface area contributed by atoms with Crippen LogP contribution in [0.25, 0.3) is 60.1 Å². The number of rotatable bonds is 5. The maximum atomic E-state index is 5.29. The van der Waals surface area contributed by atoms with Crippen LogP contribution < -0.4 is 0 Å². The Morgan fingerprint density at radius 3 is 2.30 bits per heavy atom. The first-order chi connectivity index (χ1) is 29.8. The molecule has 6 aromatic carbocycles. The van der Waals surface area contributed by atoms with Gasteiger partial charge in [0.15, 0.2) is 5.84 Å². The number of para-hydroxylation sites is 1. The maximum absolute atomic E-state index is 5.29. The highest BCUT2D eigenvalue weighted by Gasteiger charge is 2.25. The summed E-state index contributed by atoms with van der Waals surface area (Å²) in [5, 5.41) is 7.89. The van der Waals surface area contributed by atoms with Crippen molar-refractivity contribution >= 4 is 71.7 Å². The summed E-state index contributed by atoms with van der Waals surface area (Å²) in [5.74, 6) is 8.54. The number of hydrogen-bond acceptors (Lipinski definition) is 1. The highest BCUT2D eigenvalue weighted by Crippen LogP contribution is 2.46. The van der Waals surface area contributed by atoms with Crippen molar-refractivity contribution in [3.63, 3.8) is 0 Å². The van der Waals surface area contributed by atoms with Crippen molar-refractivity contribution in [3.05, 3.63) is 183 Å². The normalized spacial score (nSPS) is 15.8. The molecule has 0 atom stereocenters. The number of aryl methyl sites for hydroxylation is 3. The van der Waals surface area contributed by atoms with Crippen LogP contribution >= 0.6 is 0 Å². The van der Waals surface area contributed by atoms with Gasteiger partial charge in [0.25, 0.3) is 0 Å². The Morgan fingerprint density at radius 1 is 0.705 bits per heavy atom. The second-order valence-electron chi connectivity index (χ2n) is 17.2. The van der Waals surface area contributed by atoms with Gasteiger partial charge in [-0.15, -0.1) is 0 Å². The van der Waals surface area contributed by atoms with Gasteiger partial charge >= 0.3 is 0 Å². The van der Waals surface area contributed by atoms with Gasteiger partial charge in [0, 0.05) is 22.8 Å². The minimum Gasteiger partial charge on any atom is -0.297 e. The summed E-state index contributed by atoms with van der Waals surface area (Å²) in [6.45, 7) is 14.1. The largest absolute Gasteiger partial charge is 0.297 e. The van der Waals surface area contributed by atoms with E-state index in [0.29, 0.717) is 6.54 Å². The Hall–Kier alpha value is -6.76. The zero-order valence-corrected chi connectivity index (χ0v) is 36.2. The van der Waals surface area contributed by atoms with Crippen LogP contribution in [0.15, 0.2) is 149 Å². The summed E-state index contributed by atoms with van der Waals surface area (Å²) in [4.78, 5) is 10.4. The van der Waals surface area contributed by atoms with E-state index in [2.05, 4.69) is 179 Å². The number of amidine groups is 1. The highest BCUT2D eigenvalue weighted by atomic mass is 15.1. The first-order valence-electron chi connectivity index (χ1n) is 21.9. The second kappa shape index (κ2) is 15.7. The maximum Gasteiger partial charge on any atom is 0.156 e. The Balaban J connectivity index is 1.12. The number of hydrogen-bond donors (Lipinski definition) is 0. The summed E-state index contributed by atoms with van der Waals surface area (Å²) in [6.07, 6.45) is 16.3. The molecule has 0 fully saturated rings. The molecule has 0 N–H and O–H groups in total. The molecule has 3 nitrogen and oxygen atoms in total. The van der Waals surface area contributed by atoms with Crippen LogP contribution in [0.5, 0.6) is 0 Å². The van der Waals surface area contributed by atoms with Crippen molar-refractivity contribution < 1.29 is 0 Å². The summed E-state index contributed by atoms with van der Waals surface area (Å²) in [7, 11) is 0. The van der Waals surface area contributed by atoms with Gasteiger partial charge in [0.05, 0.1) is 17.6 Å². The molecule has 3 aliphatic rings. The summed E-state index contributed by atoms with van der Waals surface area (Å²) in [6, 6.07) is 35.5. The predicted octanol–water partition coefficient (Wildman–Crippen LogP) is 14.6. The average Bonchev–Trinajstić information content (AvgIpc) is 3.49. The van der Waals surface area contributed by atoms with Crippen LogP contribution in [-0.4, -0.2) is 22.8 Å². The van der Waals surface area contributed by atoms with Gasteiger partial charge in [-0.05, 0) is 174 Å². The average molecular weight is 790 g/mol. The fourth-order valence-electron chi connectivity index (χ4n) is 10.1. The molecule has 0 radical (unpaired) electrons. The van der Waals surface area contributed by atoms with E-state index < -0.39 is 0 Å². The Labute approximate surface area is 360 Å². The molecule has 0 saturated heterocycles. The van der Waals surface area contributed by atoms with E-state index >= 15 is 0 Å². The van der Waals surface area contributed by atoms with E-state index in [9.17, 15) is 0 Å².